The summed E-state index contributed by atoms with van der Waals surface area (Å²) in [5.41, 5.74) is 0.345. The normalized spacial score (nSPS) is 15.3. The summed E-state index contributed by atoms with van der Waals surface area (Å²) >= 11 is 0. The summed E-state index contributed by atoms with van der Waals surface area (Å²) in [5, 5.41) is 12.8. The van der Waals surface area contributed by atoms with Crippen LogP contribution in [0.15, 0.2) is 29.2 Å². The van der Waals surface area contributed by atoms with Crippen molar-refractivity contribution >= 4 is 9.84 Å². The molecule has 1 aromatic rings. The molecule has 102 valence electrons. The minimum atomic E-state index is -3.17. The number of aliphatic hydroxyl groups excluding tert-OH is 1. The average molecular weight is 271 g/mol. The average Bonchev–Trinajstić information content (AvgIpc) is 2.35. The Balaban J connectivity index is 3.02. The van der Waals surface area contributed by atoms with Crippen LogP contribution in [0, 0.1) is 0 Å². The van der Waals surface area contributed by atoms with Crippen LogP contribution in [0.25, 0.3) is 0 Å². The zero-order chi connectivity index (χ0) is 13.8. The van der Waals surface area contributed by atoms with Gasteiger partial charge in [-0.1, -0.05) is 19.1 Å². The summed E-state index contributed by atoms with van der Waals surface area (Å²) in [6, 6.07) is 6.64. The highest BCUT2D eigenvalue weighted by Gasteiger charge is 2.24. The van der Waals surface area contributed by atoms with Crippen LogP contribution in [0.4, 0.5) is 0 Å². The Morgan fingerprint density at radius 3 is 2.22 bits per heavy atom. The van der Waals surface area contributed by atoms with E-state index >= 15 is 0 Å². The van der Waals surface area contributed by atoms with Crippen LogP contribution < -0.4 is 5.32 Å². The van der Waals surface area contributed by atoms with E-state index < -0.39 is 15.4 Å². The van der Waals surface area contributed by atoms with Crippen molar-refractivity contribution in [3.8, 4) is 0 Å². The maximum absolute atomic E-state index is 11.4. The van der Waals surface area contributed by atoms with Gasteiger partial charge in [-0.3, -0.25) is 0 Å². The lowest BCUT2D eigenvalue weighted by Crippen LogP contribution is -2.43. The molecule has 0 saturated heterocycles. The van der Waals surface area contributed by atoms with E-state index in [4.69, 9.17) is 0 Å². The molecule has 0 aromatic heterocycles. The van der Waals surface area contributed by atoms with Gasteiger partial charge in [0.25, 0.3) is 0 Å². The Kier molecular flexibility index (Phi) is 4.90. The van der Waals surface area contributed by atoms with E-state index in [9.17, 15) is 13.5 Å². The summed E-state index contributed by atoms with van der Waals surface area (Å²) in [7, 11) is -3.17. The lowest BCUT2D eigenvalue weighted by Gasteiger charge is -2.29. The Morgan fingerprint density at radius 1 is 1.28 bits per heavy atom. The third-order valence-electron chi connectivity index (χ3n) is 3.00. The van der Waals surface area contributed by atoms with Crippen molar-refractivity contribution in [1.29, 1.82) is 0 Å². The van der Waals surface area contributed by atoms with Crippen LogP contribution >= 0.6 is 0 Å². The molecule has 0 aliphatic carbocycles. The van der Waals surface area contributed by atoms with Crippen molar-refractivity contribution in [2.75, 3.05) is 19.4 Å². The van der Waals surface area contributed by atoms with Crippen LogP contribution in [0.3, 0.4) is 0 Å². The lowest BCUT2D eigenvalue weighted by molar-refractivity contribution is 0.175. The molecular weight excluding hydrogens is 250 g/mol. The third-order valence-corrected chi connectivity index (χ3v) is 4.13. The van der Waals surface area contributed by atoms with Gasteiger partial charge in [-0.2, -0.15) is 0 Å². The predicted octanol–water partition coefficient (Wildman–Crippen LogP) is 1.30. The molecule has 1 aromatic carbocycles. The van der Waals surface area contributed by atoms with E-state index in [2.05, 4.69) is 12.2 Å². The molecule has 0 bridgehead atoms. The number of benzene rings is 1. The van der Waals surface area contributed by atoms with E-state index in [0.29, 0.717) is 4.90 Å². The van der Waals surface area contributed by atoms with Crippen molar-refractivity contribution in [3.63, 3.8) is 0 Å². The fraction of sp³-hybridized carbons (Fsp3) is 0.538. The van der Waals surface area contributed by atoms with Crippen LogP contribution in [-0.4, -0.2) is 32.9 Å². The molecule has 18 heavy (non-hydrogen) atoms. The van der Waals surface area contributed by atoms with Crippen molar-refractivity contribution in [3.05, 3.63) is 29.8 Å². The van der Waals surface area contributed by atoms with Crippen molar-refractivity contribution < 1.29 is 13.5 Å². The number of nitrogens with one attached hydrogen (secondary N) is 1. The first-order valence-electron chi connectivity index (χ1n) is 6.00. The number of rotatable bonds is 6. The van der Waals surface area contributed by atoms with E-state index in [-0.39, 0.29) is 6.61 Å². The Hall–Kier alpha value is -0.910. The number of hydrogen-bond acceptors (Lipinski definition) is 4. The molecule has 0 saturated carbocycles. The quantitative estimate of drug-likeness (QED) is 0.818. The molecule has 2 N–H and O–H groups in total. The van der Waals surface area contributed by atoms with Gasteiger partial charge in [0.1, 0.15) is 0 Å². The second-order valence-corrected chi connectivity index (χ2v) is 6.73. The van der Waals surface area contributed by atoms with Gasteiger partial charge in [0.2, 0.25) is 0 Å². The van der Waals surface area contributed by atoms with Gasteiger partial charge >= 0.3 is 0 Å². The Labute approximate surface area is 109 Å². The first-order valence-corrected chi connectivity index (χ1v) is 7.89. The van der Waals surface area contributed by atoms with Gasteiger partial charge in [0, 0.05) is 6.26 Å². The van der Waals surface area contributed by atoms with E-state index in [1.54, 1.807) is 24.3 Å². The highest BCUT2D eigenvalue weighted by molar-refractivity contribution is 7.90. The predicted molar refractivity (Wildman–Crippen MR) is 72.3 cm³/mol. The maximum atomic E-state index is 11.4. The highest BCUT2D eigenvalue weighted by atomic mass is 32.2. The molecule has 0 radical (unpaired) electrons. The van der Waals surface area contributed by atoms with Gasteiger partial charge in [0.05, 0.1) is 17.0 Å². The van der Waals surface area contributed by atoms with Crippen LogP contribution in [0.1, 0.15) is 25.8 Å². The largest absolute Gasteiger partial charge is 0.394 e. The summed E-state index contributed by atoms with van der Waals surface area (Å²) in [4.78, 5) is 0.294. The molecule has 1 unspecified atom stereocenters. The molecule has 0 heterocycles. The lowest BCUT2D eigenvalue weighted by atomic mass is 9.93. The minimum absolute atomic E-state index is 0.0365. The molecule has 1 rings (SSSR count). The SMILES string of the molecule is CCCNC(C)(CO)c1ccc(S(C)(=O)=O)cc1. The maximum Gasteiger partial charge on any atom is 0.175 e. The number of sulfone groups is 1. The highest BCUT2D eigenvalue weighted by Crippen LogP contribution is 2.22. The van der Waals surface area contributed by atoms with E-state index in [1.165, 1.54) is 6.26 Å². The van der Waals surface area contributed by atoms with Crippen molar-refractivity contribution in [2.45, 2.75) is 30.7 Å². The molecule has 0 aliphatic rings. The Bertz CT molecular complexity index is 481. The molecular formula is C13H21NO3S. The monoisotopic (exact) mass is 271 g/mol. The summed E-state index contributed by atoms with van der Waals surface area (Å²) in [6.07, 6.45) is 2.15. The van der Waals surface area contributed by atoms with Crippen LogP contribution in [-0.2, 0) is 15.4 Å². The molecule has 0 aliphatic heterocycles. The third kappa shape index (κ3) is 3.54. The van der Waals surface area contributed by atoms with Crippen molar-refractivity contribution in [1.82, 2.24) is 5.32 Å². The number of aliphatic hydroxyl groups is 1. The van der Waals surface area contributed by atoms with Gasteiger partial charge < -0.3 is 10.4 Å². The minimum Gasteiger partial charge on any atom is -0.394 e. The standard InChI is InChI=1S/C13H21NO3S/c1-4-9-14-13(2,10-15)11-5-7-12(8-6-11)18(3,16)17/h5-8,14-15H,4,9-10H2,1-3H3. The molecule has 4 nitrogen and oxygen atoms in total. The fourth-order valence-corrected chi connectivity index (χ4v) is 2.35. The zero-order valence-electron chi connectivity index (χ0n) is 11.1. The molecule has 0 spiro atoms. The topological polar surface area (TPSA) is 66.4 Å². The summed E-state index contributed by atoms with van der Waals surface area (Å²) in [6.45, 7) is 4.71. The Morgan fingerprint density at radius 2 is 1.83 bits per heavy atom. The van der Waals surface area contributed by atoms with Crippen molar-refractivity contribution in [2.24, 2.45) is 0 Å². The van der Waals surface area contributed by atoms with Gasteiger partial charge in [-0.15, -0.1) is 0 Å². The molecule has 0 amide bonds. The number of hydrogen-bond donors (Lipinski definition) is 2. The van der Waals surface area contributed by atoms with Gasteiger partial charge in [-0.05, 0) is 37.6 Å². The molecule has 5 heteroatoms. The zero-order valence-corrected chi connectivity index (χ0v) is 11.9. The van der Waals surface area contributed by atoms with Gasteiger partial charge in [-0.25, -0.2) is 8.42 Å². The second kappa shape index (κ2) is 5.82. The summed E-state index contributed by atoms with van der Waals surface area (Å²) < 4.78 is 22.7. The molecule has 1 atom stereocenters. The second-order valence-electron chi connectivity index (χ2n) is 4.71. The van der Waals surface area contributed by atoms with Crippen LogP contribution in [0.2, 0.25) is 0 Å². The first kappa shape index (κ1) is 15.1. The van der Waals surface area contributed by atoms with Gasteiger partial charge in [0.15, 0.2) is 9.84 Å². The summed E-state index contributed by atoms with van der Waals surface area (Å²) in [5.74, 6) is 0. The van der Waals surface area contributed by atoms with Crippen LogP contribution in [0.5, 0.6) is 0 Å². The first-order chi connectivity index (χ1) is 8.33. The fourth-order valence-electron chi connectivity index (χ4n) is 1.72. The van der Waals surface area contributed by atoms with E-state index in [0.717, 1.165) is 18.5 Å². The molecule has 0 fully saturated rings. The van der Waals surface area contributed by atoms with E-state index in [1.807, 2.05) is 6.92 Å². The smallest absolute Gasteiger partial charge is 0.175 e.